The van der Waals surface area contributed by atoms with Crippen molar-refractivity contribution in [2.24, 2.45) is 5.73 Å². The van der Waals surface area contributed by atoms with E-state index in [4.69, 9.17) is 5.73 Å². The normalized spacial score (nSPS) is 13.1. The summed E-state index contributed by atoms with van der Waals surface area (Å²) < 4.78 is 0. The van der Waals surface area contributed by atoms with Gasteiger partial charge in [0.15, 0.2) is 0 Å². The molecule has 0 saturated carbocycles. The Labute approximate surface area is 120 Å². The van der Waals surface area contributed by atoms with E-state index < -0.39 is 11.9 Å². The van der Waals surface area contributed by atoms with Gasteiger partial charge in [0, 0.05) is 5.54 Å². The molecule has 0 aromatic heterocycles. The predicted molar refractivity (Wildman–Crippen MR) is 78.9 cm³/mol. The standard InChI is InChI=1S/C15H23N3O2/c1-15(2,3)17-12(19)10-18(4)13(14(16)20)11-8-6-5-7-9-11/h5-9,13H,10H2,1-4H3,(H2,16,20)(H,17,19)/t13-/m1/s1. The zero-order valence-electron chi connectivity index (χ0n) is 12.5. The summed E-state index contributed by atoms with van der Waals surface area (Å²) in [7, 11) is 1.71. The van der Waals surface area contributed by atoms with Crippen LogP contribution in [-0.2, 0) is 9.59 Å². The average molecular weight is 277 g/mol. The maximum atomic E-state index is 11.9. The molecule has 0 unspecified atom stereocenters. The molecule has 0 aliphatic heterocycles. The quantitative estimate of drug-likeness (QED) is 0.845. The highest BCUT2D eigenvalue weighted by Gasteiger charge is 2.25. The predicted octanol–water partition coefficient (Wildman–Crippen LogP) is 1.06. The molecule has 1 atom stereocenters. The van der Waals surface area contributed by atoms with Gasteiger partial charge in [-0.15, -0.1) is 0 Å². The van der Waals surface area contributed by atoms with Crippen LogP contribution in [0.1, 0.15) is 32.4 Å². The maximum absolute atomic E-state index is 11.9. The number of carbonyl (C=O) groups excluding carboxylic acids is 2. The van der Waals surface area contributed by atoms with Crippen LogP contribution in [0.25, 0.3) is 0 Å². The first-order valence-electron chi connectivity index (χ1n) is 6.56. The van der Waals surface area contributed by atoms with Gasteiger partial charge in [-0.2, -0.15) is 0 Å². The highest BCUT2D eigenvalue weighted by molar-refractivity contribution is 5.83. The molecule has 0 aliphatic carbocycles. The Morgan fingerprint density at radius 3 is 2.25 bits per heavy atom. The first-order valence-corrected chi connectivity index (χ1v) is 6.56. The summed E-state index contributed by atoms with van der Waals surface area (Å²) in [5.74, 6) is -0.607. The number of rotatable bonds is 5. The molecule has 1 aromatic rings. The minimum atomic E-state index is -0.609. The fourth-order valence-electron chi connectivity index (χ4n) is 2.05. The Morgan fingerprint density at radius 2 is 1.80 bits per heavy atom. The Kier molecular flexibility index (Phi) is 5.27. The van der Waals surface area contributed by atoms with E-state index in [0.29, 0.717) is 0 Å². The average Bonchev–Trinajstić information content (AvgIpc) is 2.26. The molecule has 0 bridgehead atoms. The van der Waals surface area contributed by atoms with Gasteiger partial charge < -0.3 is 11.1 Å². The fraction of sp³-hybridized carbons (Fsp3) is 0.467. The Hall–Kier alpha value is -1.88. The van der Waals surface area contributed by atoms with Crippen molar-refractivity contribution in [3.63, 3.8) is 0 Å². The third kappa shape index (κ3) is 5.01. The molecule has 1 rings (SSSR count). The summed E-state index contributed by atoms with van der Waals surface area (Å²) in [5.41, 5.74) is 5.94. The second kappa shape index (κ2) is 6.52. The summed E-state index contributed by atoms with van der Waals surface area (Å²) in [6.45, 7) is 5.84. The number of nitrogens with zero attached hydrogens (tertiary/aromatic N) is 1. The van der Waals surface area contributed by atoms with Gasteiger partial charge in [0.05, 0.1) is 6.54 Å². The highest BCUT2D eigenvalue weighted by atomic mass is 16.2. The van der Waals surface area contributed by atoms with Gasteiger partial charge in [0.1, 0.15) is 6.04 Å². The van der Waals surface area contributed by atoms with E-state index in [1.54, 1.807) is 11.9 Å². The number of likely N-dealkylation sites (N-methyl/N-ethyl adjacent to an activating group) is 1. The lowest BCUT2D eigenvalue weighted by molar-refractivity contribution is -0.127. The van der Waals surface area contributed by atoms with Gasteiger partial charge in [0.25, 0.3) is 0 Å². The van der Waals surface area contributed by atoms with Gasteiger partial charge in [-0.3, -0.25) is 14.5 Å². The Bertz CT molecular complexity index is 466. The van der Waals surface area contributed by atoms with Crippen LogP contribution < -0.4 is 11.1 Å². The summed E-state index contributed by atoms with van der Waals surface area (Å²) >= 11 is 0. The van der Waals surface area contributed by atoms with Gasteiger partial charge in [-0.1, -0.05) is 30.3 Å². The fourth-order valence-corrected chi connectivity index (χ4v) is 2.05. The van der Waals surface area contributed by atoms with Crippen LogP contribution in [0.3, 0.4) is 0 Å². The monoisotopic (exact) mass is 277 g/mol. The van der Waals surface area contributed by atoms with E-state index in [9.17, 15) is 9.59 Å². The molecular weight excluding hydrogens is 254 g/mol. The van der Waals surface area contributed by atoms with Gasteiger partial charge in [-0.05, 0) is 33.4 Å². The second-order valence-corrected chi connectivity index (χ2v) is 5.93. The minimum Gasteiger partial charge on any atom is -0.368 e. The number of nitrogens with one attached hydrogen (secondary N) is 1. The Morgan fingerprint density at radius 1 is 1.25 bits per heavy atom. The van der Waals surface area contributed by atoms with E-state index in [0.717, 1.165) is 5.56 Å². The molecular formula is C15H23N3O2. The van der Waals surface area contributed by atoms with Crippen LogP contribution in [0.4, 0.5) is 0 Å². The first-order chi connectivity index (χ1) is 9.20. The van der Waals surface area contributed by atoms with Crippen molar-refractivity contribution in [2.45, 2.75) is 32.4 Å². The van der Waals surface area contributed by atoms with Crippen LogP contribution in [0.5, 0.6) is 0 Å². The van der Waals surface area contributed by atoms with E-state index in [1.165, 1.54) is 0 Å². The number of amides is 2. The lowest BCUT2D eigenvalue weighted by Gasteiger charge is -2.27. The lowest BCUT2D eigenvalue weighted by Crippen LogP contribution is -2.47. The summed E-state index contributed by atoms with van der Waals surface area (Å²) in [4.78, 5) is 25.2. The number of hydrogen-bond acceptors (Lipinski definition) is 3. The molecule has 0 radical (unpaired) electrons. The number of hydrogen-bond donors (Lipinski definition) is 2. The van der Waals surface area contributed by atoms with Crippen molar-refractivity contribution in [1.82, 2.24) is 10.2 Å². The smallest absolute Gasteiger partial charge is 0.239 e. The topological polar surface area (TPSA) is 75.4 Å². The molecule has 0 fully saturated rings. The van der Waals surface area contributed by atoms with Crippen LogP contribution in [0, 0.1) is 0 Å². The zero-order chi connectivity index (χ0) is 15.3. The number of nitrogens with two attached hydrogens (primary N) is 1. The maximum Gasteiger partial charge on any atom is 0.239 e. The van der Waals surface area contributed by atoms with Crippen LogP contribution in [0.15, 0.2) is 30.3 Å². The van der Waals surface area contributed by atoms with Crippen molar-refractivity contribution >= 4 is 11.8 Å². The summed E-state index contributed by atoms with van der Waals surface area (Å²) in [5, 5.41) is 2.86. The molecule has 1 aromatic carbocycles. The third-order valence-electron chi connectivity index (χ3n) is 2.73. The molecule has 20 heavy (non-hydrogen) atoms. The molecule has 3 N–H and O–H groups in total. The molecule has 5 nitrogen and oxygen atoms in total. The molecule has 0 spiro atoms. The lowest BCUT2D eigenvalue weighted by atomic mass is 10.0. The number of carbonyl (C=O) groups is 2. The molecule has 110 valence electrons. The van der Waals surface area contributed by atoms with Gasteiger partial charge >= 0.3 is 0 Å². The van der Waals surface area contributed by atoms with Crippen molar-refractivity contribution < 1.29 is 9.59 Å². The number of primary amides is 1. The summed E-state index contributed by atoms with van der Waals surface area (Å²) in [6, 6.07) is 8.60. The Balaban J connectivity index is 2.79. The van der Waals surface area contributed by atoms with Crippen LogP contribution >= 0.6 is 0 Å². The van der Waals surface area contributed by atoms with E-state index in [1.807, 2.05) is 51.1 Å². The van der Waals surface area contributed by atoms with E-state index >= 15 is 0 Å². The van der Waals surface area contributed by atoms with E-state index in [-0.39, 0.29) is 18.0 Å². The molecule has 0 saturated heterocycles. The minimum absolute atomic E-state index is 0.111. The summed E-state index contributed by atoms with van der Waals surface area (Å²) in [6.07, 6.45) is 0. The van der Waals surface area contributed by atoms with Crippen molar-refractivity contribution in [2.75, 3.05) is 13.6 Å². The SMILES string of the molecule is CN(CC(=O)NC(C)(C)C)[C@@H](C(N)=O)c1ccccc1. The highest BCUT2D eigenvalue weighted by Crippen LogP contribution is 2.18. The number of benzene rings is 1. The first kappa shape index (κ1) is 16.2. The van der Waals surface area contributed by atoms with Crippen LogP contribution in [0.2, 0.25) is 0 Å². The second-order valence-electron chi connectivity index (χ2n) is 5.93. The largest absolute Gasteiger partial charge is 0.368 e. The molecule has 0 heterocycles. The van der Waals surface area contributed by atoms with Crippen molar-refractivity contribution in [3.05, 3.63) is 35.9 Å². The molecule has 2 amide bonds. The van der Waals surface area contributed by atoms with Gasteiger partial charge in [0.2, 0.25) is 11.8 Å². The van der Waals surface area contributed by atoms with Crippen molar-refractivity contribution in [1.29, 1.82) is 0 Å². The van der Waals surface area contributed by atoms with Crippen LogP contribution in [-0.4, -0.2) is 35.8 Å². The van der Waals surface area contributed by atoms with Crippen molar-refractivity contribution in [3.8, 4) is 0 Å². The van der Waals surface area contributed by atoms with Gasteiger partial charge in [-0.25, -0.2) is 0 Å². The molecule has 5 heteroatoms. The zero-order valence-corrected chi connectivity index (χ0v) is 12.5. The third-order valence-corrected chi connectivity index (χ3v) is 2.73. The van der Waals surface area contributed by atoms with E-state index in [2.05, 4.69) is 5.32 Å². The molecule has 0 aliphatic rings.